The molecule has 2 heterocycles. The van der Waals surface area contributed by atoms with Crippen molar-refractivity contribution < 1.29 is 14.6 Å². The molecule has 0 aliphatic carbocycles. The lowest BCUT2D eigenvalue weighted by Crippen LogP contribution is -2.61. The van der Waals surface area contributed by atoms with Crippen molar-refractivity contribution in [1.82, 2.24) is 14.5 Å². The molecular weight excluding hydrogens is 334 g/mol. The van der Waals surface area contributed by atoms with Gasteiger partial charge in [-0.2, -0.15) is 0 Å². The molecule has 2 N–H and O–H groups in total. The van der Waals surface area contributed by atoms with Crippen LogP contribution in [-0.2, 0) is 9.53 Å². The van der Waals surface area contributed by atoms with Crippen LogP contribution in [0.4, 0.5) is 0 Å². The van der Waals surface area contributed by atoms with Gasteiger partial charge in [0.05, 0.1) is 30.8 Å². The minimum absolute atomic E-state index is 0.0715. The van der Waals surface area contributed by atoms with Gasteiger partial charge in [0.1, 0.15) is 0 Å². The Morgan fingerprint density at radius 1 is 1.30 bits per heavy atom. The first-order chi connectivity index (χ1) is 10.8. The van der Waals surface area contributed by atoms with Gasteiger partial charge in [0, 0.05) is 32.7 Å². The normalized spacial score (nSPS) is 23.7. The van der Waals surface area contributed by atoms with Gasteiger partial charge >= 0.3 is 0 Å². The smallest absolute Gasteiger partial charge is 0.223 e. The fourth-order valence-electron chi connectivity index (χ4n) is 3.24. The first kappa shape index (κ1) is 19.3. The zero-order valence-electron chi connectivity index (χ0n) is 14.1. The molecular formula is C15H29N3O3S2. The Balaban J connectivity index is 2.00. The monoisotopic (exact) mass is 363 g/mol. The van der Waals surface area contributed by atoms with E-state index in [9.17, 15) is 9.90 Å². The minimum Gasteiger partial charge on any atom is -0.390 e. The highest BCUT2D eigenvalue weighted by molar-refractivity contribution is 8.67. The molecule has 23 heavy (non-hydrogen) atoms. The lowest BCUT2D eigenvalue weighted by atomic mass is 9.86. The summed E-state index contributed by atoms with van der Waals surface area (Å²) in [5.41, 5.74) is -1.20. The van der Waals surface area contributed by atoms with Crippen LogP contribution in [-0.4, -0.2) is 77.3 Å². The van der Waals surface area contributed by atoms with Gasteiger partial charge in [0.15, 0.2) is 0 Å². The molecule has 2 rings (SSSR count). The molecule has 8 heteroatoms. The second kappa shape index (κ2) is 8.40. The molecule has 2 aliphatic rings. The summed E-state index contributed by atoms with van der Waals surface area (Å²) in [6, 6.07) is 0. The summed E-state index contributed by atoms with van der Waals surface area (Å²) in [5, 5.41) is 13.1. The van der Waals surface area contributed by atoms with Crippen molar-refractivity contribution in [3.05, 3.63) is 0 Å². The van der Waals surface area contributed by atoms with E-state index in [0.717, 1.165) is 58.8 Å². The van der Waals surface area contributed by atoms with Crippen molar-refractivity contribution in [2.45, 2.75) is 44.2 Å². The SMILES string of the molecule is CC(C)(O)CC(=O)NC1(CN2CCOCC2)CCN(SS)CC1. The summed E-state index contributed by atoms with van der Waals surface area (Å²) in [6.07, 6.45) is 1.92. The van der Waals surface area contributed by atoms with E-state index < -0.39 is 5.60 Å². The summed E-state index contributed by atoms with van der Waals surface area (Å²) in [7, 11) is 1.46. The number of thiol groups is 1. The van der Waals surface area contributed by atoms with E-state index in [1.54, 1.807) is 13.8 Å². The highest BCUT2D eigenvalue weighted by Gasteiger charge is 2.38. The summed E-state index contributed by atoms with van der Waals surface area (Å²) in [6.45, 7) is 9.32. The number of morpholine rings is 1. The molecule has 0 atom stereocenters. The third-order valence-electron chi connectivity index (χ3n) is 4.42. The minimum atomic E-state index is -0.980. The number of aliphatic hydroxyl groups is 1. The highest BCUT2D eigenvalue weighted by atomic mass is 33.1. The third kappa shape index (κ3) is 6.43. The summed E-state index contributed by atoms with van der Waals surface area (Å²) in [5.74, 6) is -0.0715. The predicted molar refractivity (Wildman–Crippen MR) is 96.4 cm³/mol. The fourth-order valence-corrected chi connectivity index (χ4v) is 4.07. The lowest BCUT2D eigenvalue weighted by Gasteiger charge is -2.45. The molecule has 0 aromatic carbocycles. The number of hydrogen-bond acceptors (Lipinski definition) is 7. The Bertz CT molecular complexity index is 390. The molecule has 0 radical (unpaired) electrons. The fraction of sp³-hybridized carbons (Fsp3) is 0.933. The molecule has 2 fully saturated rings. The standard InChI is InChI=1S/C15H29N3O3S2/c1-14(2,20)11-13(19)16-15(3-5-18(23-22)6-4-15)12-17-7-9-21-10-8-17/h20,22H,3-12H2,1-2H3,(H,16,19). The molecule has 0 saturated carbocycles. The van der Waals surface area contributed by atoms with Crippen LogP contribution in [0, 0.1) is 0 Å². The van der Waals surface area contributed by atoms with Crippen molar-refractivity contribution in [2.75, 3.05) is 45.9 Å². The van der Waals surface area contributed by atoms with Gasteiger partial charge in [-0.05, 0) is 37.7 Å². The van der Waals surface area contributed by atoms with E-state index in [-0.39, 0.29) is 17.9 Å². The molecule has 0 bridgehead atoms. The van der Waals surface area contributed by atoms with Crippen molar-refractivity contribution in [1.29, 1.82) is 0 Å². The number of amides is 1. The summed E-state index contributed by atoms with van der Waals surface area (Å²) in [4.78, 5) is 14.7. The summed E-state index contributed by atoms with van der Waals surface area (Å²) >= 11 is 4.27. The molecule has 0 unspecified atom stereocenters. The number of hydrogen-bond donors (Lipinski definition) is 3. The molecule has 6 nitrogen and oxygen atoms in total. The number of piperidine rings is 1. The van der Waals surface area contributed by atoms with Crippen LogP contribution in [0.25, 0.3) is 0 Å². The number of nitrogens with one attached hydrogen (secondary N) is 1. The van der Waals surface area contributed by atoms with Gasteiger partial charge in [-0.15, -0.1) is 0 Å². The van der Waals surface area contributed by atoms with Crippen LogP contribution in [0.1, 0.15) is 33.1 Å². The van der Waals surface area contributed by atoms with E-state index >= 15 is 0 Å². The number of ether oxygens (including phenoxy) is 1. The largest absolute Gasteiger partial charge is 0.390 e. The number of rotatable bonds is 6. The quantitative estimate of drug-likeness (QED) is 0.371. The molecule has 0 spiro atoms. The van der Waals surface area contributed by atoms with Gasteiger partial charge in [-0.1, -0.05) is 11.7 Å². The summed E-state index contributed by atoms with van der Waals surface area (Å²) < 4.78 is 7.63. The molecule has 1 amide bonds. The second-order valence-electron chi connectivity index (χ2n) is 7.22. The molecule has 2 aliphatic heterocycles. The van der Waals surface area contributed by atoms with Gasteiger partial charge in [-0.25, -0.2) is 4.31 Å². The Labute approximate surface area is 148 Å². The van der Waals surface area contributed by atoms with Crippen LogP contribution in [0.5, 0.6) is 0 Å². The first-order valence-corrected chi connectivity index (χ1v) is 10.0. The van der Waals surface area contributed by atoms with E-state index in [0.29, 0.717) is 0 Å². The zero-order valence-corrected chi connectivity index (χ0v) is 15.8. The average molecular weight is 364 g/mol. The molecule has 2 saturated heterocycles. The average Bonchev–Trinajstić information content (AvgIpc) is 2.47. The second-order valence-corrected chi connectivity index (χ2v) is 8.39. The van der Waals surface area contributed by atoms with Gasteiger partial charge in [-0.3, -0.25) is 9.69 Å². The van der Waals surface area contributed by atoms with Gasteiger partial charge in [0.25, 0.3) is 0 Å². The lowest BCUT2D eigenvalue weighted by molar-refractivity contribution is -0.127. The first-order valence-electron chi connectivity index (χ1n) is 8.22. The molecule has 0 aromatic rings. The van der Waals surface area contributed by atoms with Crippen LogP contribution < -0.4 is 5.32 Å². The zero-order chi connectivity index (χ0) is 16.9. The van der Waals surface area contributed by atoms with Crippen molar-refractivity contribution in [3.8, 4) is 0 Å². The van der Waals surface area contributed by atoms with E-state index in [1.807, 2.05) is 0 Å². The van der Waals surface area contributed by atoms with Crippen LogP contribution >= 0.6 is 22.6 Å². The van der Waals surface area contributed by atoms with E-state index in [4.69, 9.17) is 4.74 Å². The maximum Gasteiger partial charge on any atom is 0.223 e. The molecule has 134 valence electrons. The predicted octanol–water partition coefficient (Wildman–Crippen LogP) is 0.923. The van der Waals surface area contributed by atoms with Crippen LogP contribution in [0.2, 0.25) is 0 Å². The maximum atomic E-state index is 12.4. The van der Waals surface area contributed by atoms with Crippen LogP contribution in [0.3, 0.4) is 0 Å². The maximum absolute atomic E-state index is 12.4. The van der Waals surface area contributed by atoms with E-state index in [1.165, 1.54) is 11.0 Å². The number of carbonyl (C=O) groups is 1. The number of carbonyl (C=O) groups excluding carboxylic acids is 1. The Hall–Kier alpha value is 0.01000. The van der Waals surface area contributed by atoms with Crippen molar-refractivity contribution >= 4 is 28.5 Å². The van der Waals surface area contributed by atoms with Crippen molar-refractivity contribution in [3.63, 3.8) is 0 Å². The molecule has 0 aromatic heterocycles. The van der Waals surface area contributed by atoms with E-state index in [2.05, 4.69) is 26.2 Å². The Morgan fingerprint density at radius 3 is 2.43 bits per heavy atom. The highest BCUT2D eigenvalue weighted by Crippen LogP contribution is 2.29. The van der Waals surface area contributed by atoms with Gasteiger partial charge in [0.2, 0.25) is 5.91 Å². The third-order valence-corrected chi connectivity index (χ3v) is 5.71. The topological polar surface area (TPSA) is 65.0 Å². The Morgan fingerprint density at radius 2 is 1.91 bits per heavy atom. The Kier molecular flexibility index (Phi) is 7.06. The van der Waals surface area contributed by atoms with Crippen LogP contribution in [0.15, 0.2) is 0 Å². The van der Waals surface area contributed by atoms with Crippen molar-refractivity contribution in [2.24, 2.45) is 0 Å². The van der Waals surface area contributed by atoms with Gasteiger partial charge < -0.3 is 15.2 Å². The number of nitrogens with zero attached hydrogens (tertiary/aromatic N) is 2.